The maximum Gasteiger partial charge on any atom is 0.168 e. The Kier molecular flexibility index (Phi) is 8.43. The zero-order valence-electron chi connectivity index (χ0n) is 22.5. The van der Waals surface area contributed by atoms with Crippen LogP contribution in [0.1, 0.15) is 64.0 Å². The quantitative estimate of drug-likeness (QED) is 0.371. The summed E-state index contributed by atoms with van der Waals surface area (Å²) < 4.78 is 61.2. The van der Waals surface area contributed by atoms with E-state index in [1.165, 1.54) is 18.2 Å². The smallest absolute Gasteiger partial charge is 0.168 e. The molecule has 3 aromatic rings. The molecule has 3 atom stereocenters. The van der Waals surface area contributed by atoms with Crippen molar-refractivity contribution in [3.63, 3.8) is 0 Å². The third-order valence-corrected chi connectivity index (χ3v) is 8.21. The average Bonchev–Trinajstić information content (AvgIpc) is 3.18. The van der Waals surface area contributed by atoms with Crippen LogP contribution in [-0.4, -0.2) is 63.8 Å². The van der Waals surface area contributed by atoms with Gasteiger partial charge in [-0.25, -0.2) is 22.8 Å². The standard InChI is InChI=1S/C26H34FN5O5S/c1-15(2)35-12-20-13-36-22-8-7-19(27)9-21(22)26-31-30-23(32(20)26)14-38(33,34)18(6)24(37-16(3)4)25-28-10-17(5)11-29-25/h7-11,15-16,18,20,24H,12-14H2,1-6H3/t18-,20+,24+/m0/s1. The Hall–Kier alpha value is -2.96. The Balaban J connectivity index is 1.72. The molecule has 1 aromatic carbocycles. The maximum atomic E-state index is 14.2. The fourth-order valence-corrected chi connectivity index (χ4v) is 5.58. The molecule has 0 radical (unpaired) electrons. The minimum Gasteiger partial charge on any atom is -0.491 e. The summed E-state index contributed by atoms with van der Waals surface area (Å²) in [6.45, 7) is 11.3. The van der Waals surface area contributed by atoms with Gasteiger partial charge in [-0.2, -0.15) is 0 Å². The number of fused-ring (bicyclic) bond motifs is 3. The van der Waals surface area contributed by atoms with Gasteiger partial charge in [0, 0.05) is 12.4 Å². The number of sulfone groups is 1. The molecule has 0 bridgehead atoms. The molecule has 1 aliphatic heterocycles. The van der Waals surface area contributed by atoms with Gasteiger partial charge in [-0.15, -0.1) is 10.2 Å². The van der Waals surface area contributed by atoms with Crippen molar-refractivity contribution < 1.29 is 27.0 Å². The number of aromatic nitrogens is 5. The van der Waals surface area contributed by atoms with E-state index in [1.54, 1.807) is 23.9 Å². The van der Waals surface area contributed by atoms with Gasteiger partial charge < -0.3 is 18.8 Å². The molecule has 0 N–H and O–H groups in total. The second-order valence-corrected chi connectivity index (χ2v) is 12.4. The number of aryl methyl sites for hydroxylation is 1. The molecule has 0 amide bonds. The monoisotopic (exact) mass is 547 g/mol. The summed E-state index contributed by atoms with van der Waals surface area (Å²) in [4.78, 5) is 8.66. The predicted molar refractivity (Wildman–Crippen MR) is 139 cm³/mol. The number of hydrogen-bond donors (Lipinski definition) is 0. The normalized spacial score (nSPS) is 17.0. The Morgan fingerprint density at radius 1 is 1.11 bits per heavy atom. The average molecular weight is 548 g/mol. The van der Waals surface area contributed by atoms with Gasteiger partial charge in [0.05, 0.1) is 35.7 Å². The van der Waals surface area contributed by atoms with Crippen LogP contribution in [0.25, 0.3) is 11.4 Å². The molecule has 12 heteroatoms. The SMILES string of the molecule is Cc1cnc([C@H](OC(C)C)[C@H](C)S(=O)(=O)Cc2nnc3n2[C@H](COC(C)C)COc2ccc(F)cc2-3)nc1. The highest BCUT2D eigenvalue weighted by Gasteiger charge is 2.37. The van der Waals surface area contributed by atoms with Crippen LogP contribution in [0.2, 0.25) is 0 Å². The molecular weight excluding hydrogens is 513 g/mol. The summed E-state index contributed by atoms with van der Waals surface area (Å²) in [5.41, 5.74) is 1.25. The molecule has 1 aliphatic rings. The van der Waals surface area contributed by atoms with E-state index in [-0.39, 0.29) is 31.2 Å². The molecule has 38 heavy (non-hydrogen) atoms. The Labute approximate surface area is 222 Å². The molecule has 0 aliphatic carbocycles. The van der Waals surface area contributed by atoms with E-state index in [0.717, 1.165) is 5.56 Å². The van der Waals surface area contributed by atoms with Crippen molar-refractivity contribution in [2.45, 2.75) is 76.9 Å². The van der Waals surface area contributed by atoms with Crippen molar-refractivity contribution in [1.82, 2.24) is 24.7 Å². The number of ether oxygens (including phenoxy) is 3. The molecule has 2 aromatic heterocycles. The molecule has 0 saturated carbocycles. The van der Waals surface area contributed by atoms with E-state index in [9.17, 15) is 12.8 Å². The number of rotatable bonds is 10. The van der Waals surface area contributed by atoms with E-state index in [4.69, 9.17) is 14.2 Å². The number of halogens is 1. The van der Waals surface area contributed by atoms with Crippen molar-refractivity contribution in [3.8, 4) is 17.1 Å². The molecule has 0 fully saturated rings. The van der Waals surface area contributed by atoms with Crippen LogP contribution in [0.4, 0.5) is 4.39 Å². The summed E-state index contributed by atoms with van der Waals surface area (Å²) in [6.07, 6.45) is 2.06. The summed E-state index contributed by atoms with van der Waals surface area (Å²) in [5.74, 6) is 0.377. The van der Waals surface area contributed by atoms with Crippen molar-refractivity contribution in [1.29, 1.82) is 0 Å². The van der Waals surface area contributed by atoms with Crippen LogP contribution < -0.4 is 4.74 Å². The van der Waals surface area contributed by atoms with Crippen LogP contribution in [0, 0.1) is 12.7 Å². The second kappa shape index (κ2) is 11.4. The van der Waals surface area contributed by atoms with Crippen LogP contribution in [0.5, 0.6) is 5.75 Å². The lowest BCUT2D eigenvalue weighted by Gasteiger charge is -2.26. The highest BCUT2D eigenvalue weighted by Crippen LogP contribution is 2.36. The van der Waals surface area contributed by atoms with Crippen LogP contribution in [0.15, 0.2) is 30.6 Å². The van der Waals surface area contributed by atoms with Gasteiger partial charge in [0.15, 0.2) is 21.5 Å². The van der Waals surface area contributed by atoms with Crippen LogP contribution in [0.3, 0.4) is 0 Å². The van der Waals surface area contributed by atoms with Crippen molar-refractivity contribution in [2.24, 2.45) is 0 Å². The van der Waals surface area contributed by atoms with Crippen molar-refractivity contribution in [3.05, 3.63) is 53.6 Å². The highest BCUT2D eigenvalue weighted by molar-refractivity contribution is 7.91. The van der Waals surface area contributed by atoms with Crippen molar-refractivity contribution in [2.75, 3.05) is 13.2 Å². The number of benzene rings is 1. The van der Waals surface area contributed by atoms with E-state index in [2.05, 4.69) is 20.2 Å². The van der Waals surface area contributed by atoms with Crippen LogP contribution >= 0.6 is 0 Å². The summed E-state index contributed by atoms with van der Waals surface area (Å²) in [7, 11) is -3.86. The molecule has 4 rings (SSSR count). The van der Waals surface area contributed by atoms with Crippen molar-refractivity contribution >= 4 is 9.84 Å². The largest absolute Gasteiger partial charge is 0.491 e. The van der Waals surface area contributed by atoms with E-state index >= 15 is 0 Å². The van der Waals surface area contributed by atoms with Gasteiger partial charge in [0.25, 0.3) is 0 Å². The topological polar surface area (TPSA) is 118 Å². The Bertz CT molecular complexity index is 1360. The van der Waals surface area contributed by atoms with Gasteiger partial charge >= 0.3 is 0 Å². The lowest BCUT2D eigenvalue weighted by atomic mass is 10.2. The fraction of sp³-hybridized carbons (Fsp3) is 0.538. The zero-order chi connectivity index (χ0) is 27.6. The molecule has 0 unspecified atom stereocenters. The predicted octanol–water partition coefficient (Wildman–Crippen LogP) is 4.01. The molecule has 0 spiro atoms. The first kappa shape index (κ1) is 28.1. The third-order valence-electron chi connectivity index (χ3n) is 6.16. The number of hydrogen-bond acceptors (Lipinski definition) is 9. The second-order valence-electron chi connectivity index (χ2n) is 10.0. The third kappa shape index (κ3) is 6.19. The van der Waals surface area contributed by atoms with Gasteiger partial charge in [0.2, 0.25) is 0 Å². The first-order chi connectivity index (χ1) is 18.0. The van der Waals surface area contributed by atoms with Gasteiger partial charge in [-0.3, -0.25) is 0 Å². The summed E-state index contributed by atoms with van der Waals surface area (Å²) in [6, 6.07) is 3.72. The number of nitrogens with zero attached hydrogens (tertiary/aromatic N) is 5. The van der Waals surface area contributed by atoms with E-state index < -0.39 is 38.8 Å². The Morgan fingerprint density at radius 2 is 1.82 bits per heavy atom. The molecular formula is C26H34FN5O5S. The minimum atomic E-state index is -3.86. The van der Waals surface area contributed by atoms with E-state index in [0.29, 0.717) is 23.0 Å². The Morgan fingerprint density at radius 3 is 2.47 bits per heavy atom. The molecule has 10 nitrogen and oxygen atoms in total. The lowest BCUT2D eigenvalue weighted by Crippen LogP contribution is -2.33. The first-order valence-electron chi connectivity index (χ1n) is 12.6. The van der Waals surface area contributed by atoms with Gasteiger partial charge in [-0.05, 0) is 65.3 Å². The highest BCUT2D eigenvalue weighted by atomic mass is 32.2. The maximum absolute atomic E-state index is 14.2. The molecule has 3 heterocycles. The van der Waals surface area contributed by atoms with E-state index in [1.807, 2.05) is 34.6 Å². The summed E-state index contributed by atoms with van der Waals surface area (Å²) >= 11 is 0. The lowest BCUT2D eigenvalue weighted by molar-refractivity contribution is 0.00139. The molecule has 0 saturated heterocycles. The fourth-order valence-electron chi connectivity index (χ4n) is 4.20. The zero-order valence-corrected chi connectivity index (χ0v) is 23.3. The van der Waals surface area contributed by atoms with Crippen LogP contribution in [-0.2, 0) is 25.1 Å². The first-order valence-corrected chi connectivity index (χ1v) is 14.3. The minimum absolute atomic E-state index is 0.0614. The summed E-state index contributed by atoms with van der Waals surface area (Å²) in [5, 5.41) is 7.53. The van der Waals surface area contributed by atoms with Gasteiger partial charge in [0.1, 0.15) is 35.9 Å². The molecule has 206 valence electrons. The van der Waals surface area contributed by atoms with Gasteiger partial charge in [-0.1, -0.05) is 0 Å².